The largest absolute Gasteiger partial charge is 0.459 e. The van der Waals surface area contributed by atoms with Gasteiger partial charge in [-0.1, -0.05) is 26.0 Å². The monoisotopic (exact) mass is 397 g/mol. The van der Waals surface area contributed by atoms with Crippen LogP contribution in [0, 0.1) is 12.8 Å². The molecule has 2 heterocycles. The van der Waals surface area contributed by atoms with Crippen LogP contribution in [-0.2, 0) is 11.2 Å². The molecule has 2 aromatic heterocycles. The molecule has 0 aliphatic rings. The highest BCUT2D eigenvalue weighted by Gasteiger charge is 2.15. The Morgan fingerprint density at radius 2 is 1.96 bits per heavy atom. The van der Waals surface area contributed by atoms with E-state index in [1.54, 1.807) is 24.3 Å². The van der Waals surface area contributed by atoms with Crippen molar-refractivity contribution in [2.24, 2.45) is 5.92 Å². The predicted molar refractivity (Wildman–Crippen MR) is 110 cm³/mol. The van der Waals surface area contributed by atoms with E-state index in [1.165, 1.54) is 11.3 Å². The maximum Gasteiger partial charge on any atom is 0.253 e. The molecule has 0 radical (unpaired) electrons. The van der Waals surface area contributed by atoms with Crippen molar-refractivity contribution >= 4 is 28.8 Å². The first-order valence-electron chi connectivity index (χ1n) is 9.10. The van der Waals surface area contributed by atoms with E-state index < -0.39 is 0 Å². The molecule has 0 spiro atoms. The van der Waals surface area contributed by atoms with Crippen molar-refractivity contribution in [2.75, 3.05) is 11.9 Å². The second-order valence-electron chi connectivity index (χ2n) is 6.93. The number of hydrogen-bond donors (Lipinski definition) is 2. The van der Waals surface area contributed by atoms with Crippen LogP contribution in [0.5, 0.6) is 0 Å². The average molecular weight is 398 g/mol. The third-order valence-electron chi connectivity index (χ3n) is 3.96. The van der Waals surface area contributed by atoms with Crippen molar-refractivity contribution in [1.82, 2.24) is 10.3 Å². The number of para-hydroxylation sites is 1. The summed E-state index contributed by atoms with van der Waals surface area (Å²) in [6.07, 6.45) is 0.123. The molecule has 28 heavy (non-hydrogen) atoms. The van der Waals surface area contributed by atoms with Crippen LogP contribution >= 0.6 is 11.3 Å². The number of rotatable bonds is 7. The lowest BCUT2D eigenvalue weighted by Crippen LogP contribution is -2.28. The van der Waals surface area contributed by atoms with E-state index in [-0.39, 0.29) is 18.2 Å². The van der Waals surface area contributed by atoms with Crippen molar-refractivity contribution in [3.63, 3.8) is 0 Å². The first-order valence-corrected chi connectivity index (χ1v) is 9.98. The van der Waals surface area contributed by atoms with Gasteiger partial charge in [-0.3, -0.25) is 9.59 Å². The second kappa shape index (κ2) is 8.84. The van der Waals surface area contributed by atoms with Gasteiger partial charge in [-0.05, 0) is 37.1 Å². The lowest BCUT2D eigenvalue weighted by atomic mass is 10.1. The SMILES string of the molecule is Cc1ccc(-c2nc(CC(=O)Nc3ccccc3C(=O)NCC(C)C)cs2)o1. The van der Waals surface area contributed by atoms with Gasteiger partial charge in [0.05, 0.1) is 23.4 Å². The molecule has 0 aliphatic carbocycles. The molecule has 0 unspecified atom stereocenters. The highest BCUT2D eigenvalue weighted by atomic mass is 32.1. The summed E-state index contributed by atoms with van der Waals surface area (Å²) in [7, 11) is 0. The molecule has 0 atom stereocenters. The Morgan fingerprint density at radius 1 is 1.18 bits per heavy atom. The third-order valence-corrected chi connectivity index (χ3v) is 4.87. The zero-order valence-corrected chi connectivity index (χ0v) is 16.9. The number of nitrogens with zero attached hydrogens (tertiary/aromatic N) is 1. The van der Waals surface area contributed by atoms with Gasteiger partial charge in [-0.15, -0.1) is 11.3 Å². The molecule has 7 heteroatoms. The summed E-state index contributed by atoms with van der Waals surface area (Å²) in [4.78, 5) is 29.3. The van der Waals surface area contributed by atoms with E-state index in [0.29, 0.717) is 35.2 Å². The number of amides is 2. The van der Waals surface area contributed by atoms with Crippen molar-refractivity contribution in [3.8, 4) is 10.8 Å². The van der Waals surface area contributed by atoms with E-state index in [9.17, 15) is 9.59 Å². The second-order valence-corrected chi connectivity index (χ2v) is 7.79. The fourth-order valence-corrected chi connectivity index (χ4v) is 3.37. The van der Waals surface area contributed by atoms with Crippen LogP contribution in [0.2, 0.25) is 0 Å². The highest BCUT2D eigenvalue weighted by molar-refractivity contribution is 7.13. The first kappa shape index (κ1) is 19.8. The Morgan fingerprint density at radius 3 is 2.68 bits per heavy atom. The quantitative estimate of drug-likeness (QED) is 0.623. The zero-order chi connectivity index (χ0) is 20.1. The summed E-state index contributed by atoms with van der Waals surface area (Å²) in [5, 5.41) is 8.28. The van der Waals surface area contributed by atoms with Gasteiger partial charge in [0, 0.05) is 11.9 Å². The van der Waals surface area contributed by atoms with Gasteiger partial charge < -0.3 is 15.1 Å². The topological polar surface area (TPSA) is 84.2 Å². The molecule has 1 aromatic carbocycles. The number of benzene rings is 1. The number of anilines is 1. The smallest absolute Gasteiger partial charge is 0.253 e. The Bertz CT molecular complexity index is 975. The summed E-state index contributed by atoms with van der Waals surface area (Å²) < 4.78 is 5.57. The number of carbonyl (C=O) groups excluding carboxylic acids is 2. The lowest BCUT2D eigenvalue weighted by molar-refractivity contribution is -0.115. The van der Waals surface area contributed by atoms with Gasteiger partial charge in [0.2, 0.25) is 5.91 Å². The Labute approximate surface area is 168 Å². The molecule has 0 bridgehead atoms. The maximum absolute atomic E-state index is 12.5. The number of nitrogens with one attached hydrogen (secondary N) is 2. The van der Waals surface area contributed by atoms with Crippen molar-refractivity contribution in [2.45, 2.75) is 27.2 Å². The summed E-state index contributed by atoms with van der Waals surface area (Å²) in [6.45, 7) is 6.51. The average Bonchev–Trinajstić information content (AvgIpc) is 3.29. The van der Waals surface area contributed by atoms with E-state index in [4.69, 9.17) is 4.42 Å². The lowest BCUT2D eigenvalue weighted by Gasteiger charge is -2.12. The maximum atomic E-state index is 12.5. The molecule has 0 fully saturated rings. The fraction of sp³-hybridized carbons (Fsp3) is 0.286. The number of thiazole rings is 1. The van der Waals surface area contributed by atoms with Gasteiger partial charge in [0.15, 0.2) is 10.8 Å². The summed E-state index contributed by atoms with van der Waals surface area (Å²) in [5.41, 5.74) is 1.60. The van der Waals surface area contributed by atoms with Crippen molar-refractivity contribution < 1.29 is 14.0 Å². The Balaban J connectivity index is 1.65. The van der Waals surface area contributed by atoms with E-state index >= 15 is 0 Å². The normalized spacial score (nSPS) is 10.9. The number of hydrogen-bond acceptors (Lipinski definition) is 5. The van der Waals surface area contributed by atoms with E-state index in [2.05, 4.69) is 15.6 Å². The Kier molecular flexibility index (Phi) is 6.26. The van der Waals surface area contributed by atoms with E-state index in [1.807, 2.05) is 38.3 Å². The summed E-state index contributed by atoms with van der Waals surface area (Å²) in [6, 6.07) is 10.7. The van der Waals surface area contributed by atoms with Crippen molar-refractivity contribution in [1.29, 1.82) is 0 Å². The first-order chi connectivity index (χ1) is 13.4. The van der Waals surface area contributed by atoms with Crippen LogP contribution in [0.15, 0.2) is 46.2 Å². The minimum atomic E-state index is -0.225. The van der Waals surface area contributed by atoms with Gasteiger partial charge in [-0.25, -0.2) is 4.98 Å². The van der Waals surface area contributed by atoms with Crippen LogP contribution in [-0.4, -0.2) is 23.3 Å². The molecule has 2 N–H and O–H groups in total. The minimum absolute atomic E-state index is 0.123. The van der Waals surface area contributed by atoms with Gasteiger partial charge in [0.1, 0.15) is 5.76 Å². The molecule has 146 valence electrons. The van der Waals surface area contributed by atoms with E-state index in [0.717, 1.165) is 10.8 Å². The summed E-state index contributed by atoms with van der Waals surface area (Å²) >= 11 is 1.43. The van der Waals surface area contributed by atoms with Gasteiger partial charge >= 0.3 is 0 Å². The highest BCUT2D eigenvalue weighted by Crippen LogP contribution is 2.26. The number of aromatic nitrogens is 1. The molecule has 2 amide bonds. The van der Waals surface area contributed by atoms with Crippen LogP contribution in [0.25, 0.3) is 10.8 Å². The summed E-state index contributed by atoms with van der Waals surface area (Å²) in [5.74, 6) is 1.44. The van der Waals surface area contributed by atoms with Crippen LogP contribution in [0.4, 0.5) is 5.69 Å². The molecule has 0 aliphatic heterocycles. The molecule has 6 nitrogen and oxygen atoms in total. The minimum Gasteiger partial charge on any atom is -0.459 e. The van der Waals surface area contributed by atoms with Crippen LogP contribution in [0.1, 0.15) is 35.7 Å². The molecule has 0 saturated heterocycles. The third kappa shape index (κ3) is 5.07. The molecule has 3 aromatic rings. The van der Waals surface area contributed by atoms with Gasteiger partial charge in [0.25, 0.3) is 5.91 Å². The predicted octanol–water partition coefficient (Wildman–Crippen LogP) is 4.28. The standard InChI is InChI=1S/C21H23N3O3S/c1-13(2)11-22-20(26)16-6-4-5-7-17(16)24-19(25)10-15-12-28-21(23-15)18-9-8-14(3)27-18/h4-9,12-13H,10-11H2,1-3H3,(H,22,26)(H,24,25). The molecular formula is C21H23N3O3S. The molecule has 3 rings (SSSR count). The zero-order valence-electron chi connectivity index (χ0n) is 16.1. The van der Waals surface area contributed by atoms with Gasteiger partial charge in [-0.2, -0.15) is 0 Å². The molecular weight excluding hydrogens is 374 g/mol. The number of carbonyl (C=O) groups is 2. The molecule has 0 saturated carbocycles. The number of aryl methyl sites for hydroxylation is 1. The van der Waals surface area contributed by atoms with Crippen molar-refractivity contribution in [3.05, 3.63) is 58.8 Å². The Hall–Kier alpha value is -2.93. The van der Waals surface area contributed by atoms with Crippen LogP contribution < -0.4 is 10.6 Å². The fourth-order valence-electron chi connectivity index (χ4n) is 2.59. The van der Waals surface area contributed by atoms with Crippen LogP contribution in [0.3, 0.4) is 0 Å². The number of furan rings is 1.